The van der Waals surface area contributed by atoms with Crippen molar-refractivity contribution >= 4 is 48.0 Å². The first kappa shape index (κ1) is 27.2. The third-order valence-electron chi connectivity index (χ3n) is 4.95. The molecule has 2 aromatic carbocycles. The van der Waals surface area contributed by atoms with Gasteiger partial charge in [-0.3, -0.25) is 0 Å². The average Bonchev–Trinajstić information content (AvgIpc) is 2.70. The zero-order valence-corrected chi connectivity index (χ0v) is 20.2. The molecule has 0 aromatic heterocycles. The molecule has 4 nitrogen and oxygen atoms in total. The van der Waals surface area contributed by atoms with Gasteiger partial charge < -0.3 is 20.1 Å². The number of hydrogen-bond acceptors (Lipinski definition) is 4. The molecule has 168 valence electrons. The van der Waals surface area contributed by atoms with Crippen LogP contribution in [0.25, 0.3) is 0 Å². The molecule has 0 spiro atoms. The monoisotopic (exact) mass is 494 g/mol. The number of rotatable bonds is 9. The summed E-state index contributed by atoms with van der Waals surface area (Å²) in [5.41, 5.74) is 1.98. The van der Waals surface area contributed by atoms with Crippen LogP contribution in [-0.2, 0) is 13.2 Å². The summed E-state index contributed by atoms with van der Waals surface area (Å²) < 4.78 is 12.0. The summed E-state index contributed by atoms with van der Waals surface area (Å²) in [7, 11) is 0. The number of halogens is 4. The lowest BCUT2D eigenvalue weighted by atomic mass is 9.98. The van der Waals surface area contributed by atoms with Crippen LogP contribution in [-0.4, -0.2) is 26.2 Å². The lowest BCUT2D eigenvalue weighted by Crippen LogP contribution is -2.33. The maximum absolute atomic E-state index is 6.29. The molecule has 1 saturated heterocycles. The molecule has 3 rings (SSSR count). The smallest absolute Gasteiger partial charge is 0.166 e. The molecule has 1 aliphatic heterocycles. The van der Waals surface area contributed by atoms with Crippen molar-refractivity contribution in [3.8, 4) is 11.5 Å². The number of benzene rings is 2. The van der Waals surface area contributed by atoms with Gasteiger partial charge in [-0.05, 0) is 63.5 Å². The van der Waals surface area contributed by atoms with Gasteiger partial charge in [0.2, 0.25) is 0 Å². The molecule has 0 aliphatic carbocycles. The molecular weight excluding hydrogens is 466 g/mol. The number of piperidine rings is 1. The van der Waals surface area contributed by atoms with E-state index in [-0.39, 0.29) is 24.8 Å². The van der Waals surface area contributed by atoms with Crippen molar-refractivity contribution in [2.24, 2.45) is 5.92 Å². The average molecular weight is 496 g/mol. The standard InChI is InChI=1S/C22H28Cl2N2O2.2ClH/c1-2-27-21-5-3-4-17(14-26-13-16-8-10-25-11-9-16)22(21)28-15-18-6-7-19(23)12-20(18)24;;/h3-7,12,16,25-26H,2,8-11,13-15H2,1H3;2*1H. The highest BCUT2D eigenvalue weighted by Gasteiger charge is 2.15. The van der Waals surface area contributed by atoms with Crippen LogP contribution in [0, 0.1) is 5.92 Å². The predicted molar refractivity (Wildman–Crippen MR) is 130 cm³/mol. The molecule has 0 saturated carbocycles. The third kappa shape index (κ3) is 7.99. The van der Waals surface area contributed by atoms with E-state index in [4.69, 9.17) is 32.7 Å². The first-order chi connectivity index (χ1) is 13.7. The largest absolute Gasteiger partial charge is 0.490 e. The van der Waals surface area contributed by atoms with Crippen molar-refractivity contribution in [1.82, 2.24) is 10.6 Å². The molecule has 2 N–H and O–H groups in total. The second-order valence-electron chi connectivity index (χ2n) is 7.03. The van der Waals surface area contributed by atoms with Crippen LogP contribution in [0.4, 0.5) is 0 Å². The Morgan fingerprint density at radius 2 is 1.80 bits per heavy atom. The minimum absolute atomic E-state index is 0. The van der Waals surface area contributed by atoms with Crippen molar-refractivity contribution in [3.05, 3.63) is 57.6 Å². The van der Waals surface area contributed by atoms with Crippen LogP contribution in [0.3, 0.4) is 0 Å². The van der Waals surface area contributed by atoms with E-state index in [1.807, 2.05) is 31.2 Å². The molecule has 0 atom stereocenters. The van der Waals surface area contributed by atoms with Gasteiger partial charge in [0.25, 0.3) is 0 Å². The molecule has 0 radical (unpaired) electrons. The summed E-state index contributed by atoms with van der Waals surface area (Å²) in [5.74, 6) is 2.26. The maximum Gasteiger partial charge on any atom is 0.166 e. The highest BCUT2D eigenvalue weighted by Crippen LogP contribution is 2.33. The van der Waals surface area contributed by atoms with E-state index >= 15 is 0 Å². The molecule has 0 unspecified atom stereocenters. The summed E-state index contributed by atoms with van der Waals surface area (Å²) in [4.78, 5) is 0. The van der Waals surface area contributed by atoms with E-state index in [2.05, 4.69) is 16.7 Å². The number of nitrogens with one attached hydrogen (secondary N) is 2. The Labute approximate surface area is 201 Å². The Balaban J connectivity index is 0.00000225. The summed E-state index contributed by atoms with van der Waals surface area (Å²) >= 11 is 12.3. The first-order valence-electron chi connectivity index (χ1n) is 9.90. The van der Waals surface area contributed by atoms with Crippen molar-refractivity contribution in [2.75, 3.05) is 26.2 Å². The Morgan fingerprint density at radius 3 is 2.50 bits per heavy atom. The quantitative estimate of drug-likeness (QED) is 0.454. The van der Waals surface area contributed by atoms with Gasteiger partial charge in [-0.2, -0.15) is 0 Å². The molecule has 1 heterocycles. The zero-order valence-electron chi connectivity index (χ0n) is 17.1. The molecule has 1 aliphatic rings. The molecule has 8 heteroatoms. The van der Waals surface area contributed by atoms with Gasteiger partial charge in [0.1, 0.15) is 6.61 Å². The molecular formula is C22H30Cl4N2O2. The maximum atomic E-state index is 6.29. The van der Waals surface area contributed by atoms with Crippen LogP contribution in [0.5, 0.6) is 11.5 Å². The second kappa shape index (κ2) is 14.2. The van der Waals surface area contributed by atoms with E-state index in [0.717, 1.165) is 54.7 Å². The van der Waals surface area contributed by atoms with Crippen molar-refractivity contribution in [2.45, 2.75) is 32.9 Å². The zero-order chi connectivity index (χ0) is 19.8. The highest BCUT2D eigenvalue weighted by atomic mass is 35.5. The molecule has 0 bridgehead atoms. The fourth-order valence-electron chi connectivity index (χ4n) is 3.42. The lowest BCUT2D eigenvalue weighted by molar-refractivity contribution is 0.265. The highest BCUT2D eigenvalue weighted by molar-refractivity contribution is 6.35. The number of hydrogen-bond donors (Lipinski definition) is 2. The van der Waals surface area contributed by atoms with Crippen LogP contribution in [0.2, 0.25) is 10.0 Å². The van der Waals surface area contributed by atoms with Gasteiger partial charge in [-0.25, -0.2) is 0 Å². The normalized spacial score (nSPS) is 13.8. The van der Waals surface area contributed by atoms with Gasteiger partial charge in [0.15, 0.2) is 11.5 Å². The Morgan fingerprint density at radius 1 is 1.03 bits per heavy atom. The van der Waals surface area contributed by atoms with Gasteiger partial charge in [0, 0.05) is 27.7 Å². The molecule has 1 fully saturated rings. The lowest BCUT2D eigenvalue weighted by Gasteiger charge is -2.23. The van der Waals surface area contributed by atoms with E-state index in [0.29, 0.717) is 23.3 Å². The fraction of sp³-hybridized carbons (Fsp3) is 0.455. The summed E-state index contributed by atoms with van der Waals surface area (Å²) in [6, 6.07) is 11.5. The van der Waals surface area contributed by atoms with Crippen molar-refractivity contribution in [3.63, 3.8) is 0 Å². The SMILES string of the molecule is CCOc1cccc(CNCC2CCNCC2)c1OCc1ccc(Cl)cc1Cl.Cl.Cl. The van der Waals surface area contributed by atoms with Gasteiger partial charge in [0.05, 0.1) is 6.61 Å². The van der Waals surface area contributed by atoms with Crippen molar-refractivity contribution < 1.29 is 9.47 Å². The topological polar surface area (TPSA) is 42.5 Å². The third-order valence-corrected chi connectivity index (χ3v) is 5.54. The summed E-state index contributed by atoms with van der Waals surface area (Å²) in [6.07, 6.45) is 2.45. The number of para-hydroxylation sites is 1. The van der Waals surface area contributed by atoms with Crippen LogP contribution < -0.4 is 20.1 Å². The minimum atomic E-state index is 0. The molecule has 30 heavy (non-hydrogen) atoms. The van der Waals surface area contributed by atoms with E-state index < -0.39 is 0 Å². The predicted octanol–water partition coefficient (Wildman–Crippen LogP) is 5.90. The van der Waals surface area contributed by atoms with Gasteiger partial charge in [-0.15, -0.1) is 24.8 Å². The second-order valence-corrected chi connectivity index (χ2v) is 7.87. The Kier molecular flexibility index (Phi) is 12.9. The first-order valence-corrected chi connectivity index (χ1v) is 10.7. The summed E-state index contributed by atoms with van der Waals surface area (Å²) in [6.45, 7) is 6.91. The Bertz CT molecular complexity index is 771. The van der Waals surface area contributed by atoms with E-state index in [1.54, 1.807) is 6.07 Å². The summed E-state index contributed by atoms with van der Waals surface area (Å²) in [5, 5.41) is 8.22. The fourth-order valence-corrected chi connectivity index (χ4v) is 3.88. The Hall–Kier alpha value is -0.880. The van der Waals surface area contributed by atoms with Crippen LogP contribution in [0.15, 0.2) is 36.4 Å². The van der Waals surface area contributed by atoms with Crippen LogP contribution >= 0.6 is 48.0 Å². The molecule has 0 amide bonds. The van der Waals surface area contributed by atoms with Crippen LogP contribution in [0.1, 0.15) is 30.9 Å². The molecule has 2 aromatic rings. The minimum Gasteiger partial charge on any atom is -0.490 e. The van der Waals surface area contributed by atoms with Gasteiger partial charge in [-0.1, -0.05) is 41.4 Å². The van der Waals surface area contributed by atoms with Gasteiger partial charge >= 0.3 is 0 Å². The van der Waals surface area contributed by atoms with Crippen molar-refractivity contribution in [1.29, 1.82) is 0 Å². The van der Waals surface area contributed by atoms with E-state index in [1.165, 1.54) is 12.8 Å². The van der Waals surface area contributed by atoms with E-state index in [9.17, 15) is 0 Å². The number of ether oxygens (including phenoxy) is 2.